The largest absolute Gasteiger partial charge is 0.480 e. The van der Waals surface area contributed by atoms with Crippen molar-refractivity contribution in [2.75, 3.05) is 13.1 Å². The number of nitrogens with zero attached hydrogens (tertiary/aromatic N) is 1. The molecule has 0 aliphatic carbocycles. The van der Waals surface area contributed by atoms with Gasteiger partial charge in [-0.1, -0.05) is 0 Å². The maximum absolute atomic E-state index is 12.0. The summed E-state index contributed by atoms with van der Waals surface area (Å²) in [5, 5.41) is 20.6. The van der Waals surface area contributed by atoms with Gasteiger partial charge in [0.1, 0.15) is 0 Å². The molecule has 0 spiro atoms. The van der Waals surface area contributed by atoms with Crippen LogP contribution < -0.4 is 5.32 Å². The molecule has 0 aromatic rings. The highest BCUT2D eigenvalue weighted by Crippen LogP contribution is 2.20. The van der Waals surface area contributed by atoms with E-state index in [1.54, 1.807) is 0 Å². The minimum Gasteiger partial charge on any atom is -0.480 e. The molecule has 1 aliphatic rings. The van der Waals surface area contributed by atoms with Crippen LogP contribution in [0.5, 0.6) is 0 Å². The summed E-state index contributed by atoms with van der Waals surface area (Å²) in [5.74, 6) is -1.26. The summed E-state index contributed by atoms with van der Waals surface area (Å²) in [4.78, 5) is 24.5. The summed E-state index contributed by atoms with van der Waals surface area (Å²) in [6, 6.07) is -1.81. The lowest BCUT2D eigenvalue weighted by atomic mass is 10.1. The van der Waals surface area contributed by atoms with Crippen LogP contribution in [0.1, 0.15) is 27.7 Å². The molecule has 2 amide bonds. The Balaban J connectivity index is 2.69. The molecule has 1 heterocycles. The van der Waals surface area contributed by atoms with Gasteiger partial charge in [0.15, 0.2) is 6.04 Å². The number of aliphatic carboxylic acids is 1. The van der Waals surface area contributed by atoms with Crippen LogP contribution in [0.25, 0.3) is 0 Å². The van der Waals surface area contributed by atoms with Crippen molar-refractivity contribution in [1.29, 1.82) is 0 Å². The smallest absolute Gasteiger partial charge is 0.328 e. The lowest BCUT2D eigenvalue weighted by Gasteiger charge is -2.41. The number of carboxylic acid groups (broad SMARTS) is 1. The number of hydrogen-bond donors (Lipinski definition) is 3. The molecule has 19 heavy (non-hydrogen) atoms. The highest BCUT2D eigenvalue weighted by molar-refractivity contribution is 5.83. The van der Waals surface area contributed by atoms with E-state index in [9.17, 15) is 14.7 Å². The van der Waals surface area contributed by atoms with Gasteiger partial charge in [-0.25, -0.2) is 9.59 Å². The SMILES string of the molecule is CC1CN(C(=O)NC(C(=O)O)C(C)O)CC(C)(C)O1. The van der Waals surface area contributed by atoms with Crippen molar-refractivity contribution in [2.45, 2.75) is 51.5 Å². The summed E-state index contributed by atoms with van der Waals surface area (Å²) in [7, 11) is 0. The van der Waals surface area contributed by atoms with E-state index in [4.69, 9.17) is 9.84 Å². The second-order valence-electron chi connectivity index (χ2n) is 5.57. The number of carbonyl (C=O) groups excluding carboxylic acids is 1. The van der Waals surface area contributed by atoms with Gasteiger partial charge < -0.3 is 25.2 Å². The fourth-order valence-electron chi connectivity index (χ4n) is 2.22. The van der Waals surface area contributed by atoms with Gasteiger partial charge in [0.05, 0.1) is 24.4 Å². The normalized spacial score (nSPS) is 25.5. The van der Waals surface area contributed by atoms with Gasteiger partial charge in [-0.3, -0.25) is 0 Å². The Kier molecular flexibility index (Phi) is 4.75. The number of carboxylic acids is 1. The van der Waals surface area contributed by atoms with Gasteiger partial charge in [0.2, 0.25) is 0 Å². The number of aliphatic hydroxyl groups is 1. The van der Waals surface area contributed by atoms with E-state index in [0.29, 0.717) is 13.1 Å². The summed E-state index contributed by atoms with van der Waals surface area (Å²) in [6.07, 6.45) is -1.28. The van der Waals surface area contributed by atoms with Gasteiger partial charge in [-0.05, 0) is 27.7 Å². The van der Waals surface area contributed by atoms with Crippen molar-refractivity contribution in [2.24, 2.45) is 0 Å². The minimum atomic E-state index is -1.31. The molecule has 1 saturated heterocycles. The summed E-state index contributed by atoms with van der Waals surface area (Å²) in [6.45, 7) is 7.67. The van der Waals surface area contributed by atoms with Crippen molar-refractivity contribution in [1.82, 2.24) is 10.2 Å². The van der Waals surface area contributed by atoms with E-state index in [1.807, 2.05) is 20.8 Å². The first-order chi connectivity index (χ1) is 8.62. The zero-order valence-corrected chi connectivity index (χ0v) is 11.7. The Hall–Kier alpha value is -1.34. The number of morpholine rings is 1. The predicted molar refractivity (Wildman–Crippen MR) is 67.8 cm³/mol. The molecule has 3 unspecified atom stereocenters. The van der Waals surface area contributed by atoms with E-state index in [0.717, 1.165) is 0 Å². The molecule has 1 rings (SSSR count). The molecule has 3 atom stereocenters. The number of rotatable bonds is 3. The first kappa shape index (κ1) is 15.7. The number of amides is 2. The summed E-state index contributed by atoms with van der Waals surface area (Å²) < 4.78 is 5.67. The Bertz CT molecular complexity index is 356. The predicted octanol–water partition coefficient (Wildman–Crippen LogP) is 0.0293. The van der Waals surface area contributed by atoms with Crippen LogP contribution in [0.4, 0.5) is 4.79 Å². The van der Waals surface area contributed by atoms with Gasteiger partial charge in [-0.2, -0.15) is 0 Å². The van der Waals surface area contributed by atoms with Crippen LogP contribution in [0.3, 0.4) is 0 Å². The van der Waals surface area contributed by atoms with E-state index >= 15 is 0 Å². The van der Waals surface area contributed by atoms with E-state index < -0.39 is 29.7 Å². The molecule has 0 radical (unpaired) electrons. The van der Waals surface area contributed by atoms with E-state index in [2.05, 4.69) is 5.32 Å². The molecule has 0 aromatic carbocycles. The zero-order chi connectivity index (χ0) is 14.8. The third kappa shape index (κ3) is 4.36. The Morgan fingerprint density at radius 2 is 2.05 bits per heavy atom. The number of urea groups is 1. The van der Waals surface area contributed by atoms with Crippen LogP contribution in [0.15, 0.2) is 0 Å². The van der Waals surface area contributed by atoms with E-state index in [1.165, 1.54) is 11.8 Å². The molecule has 7 nitrogen and oxygen atoms in total. The first-order valence-electron chi connectivity index (χ1n) is 6.26. The molecular formula is C12H22N2O5. The van der Waals surface area contributed by atoms with Crippen LogP contribution in [0.2, 0.25) is 0 Å². The van der Waals surface area contributed by atoms with Gasteiger partial charge in [0.25, 0.3) is 0 Å². The fraction of sp³-hybridized carbons (Fsp3) is 0.833. The van der Waals surface area contributed by atoms with Crippen molar-refractivity contribution in [3.63, 3.8) is 0 Å². The monoisotopic (exact) mass is 274 g/mol. The zero-order valence-electron chi connectivity index (χ0n) is 11.7. The van der Waals surface area contributed by atoms with Crippen molar-refractivity contribution >= 4 is 12.0 Å². The molecular weight excluding hydrogens is 252 g/mol. The highest BCUT2D eigenvalue weighted by atomic mass is 16.5. The molecule has 3 N–H and O–H groups in total. The molecule has 110 valence electrons. The van der Waals surface area contributed by atoms with Crippen molar-refractivity contribution < 1.29 is 24.5 Å². The summed E-state index contributed by atoms with van der Waals surface area (Å²) in [5.41, 5.74) is -0.474. The molecule has 0 saturated carbocycles. The minimum absolute atomic E-state index is 0.121. The number of aliphatic hydroxyl groups excluding tert-OH is 1. The topological polar surface area (TPSA) is 99.1 Å². The molecule has 1 fully saturated rings. The lowest BCUT2D eigenvalue weighted by molar-refractivity contribution is -0.142. The summed E-state index contributed by atoms with van der Waals surface area (Å²) >= 11 is 0. The number of nitrogens with one attached hydrogen (secondary N) is 1. The molecule has 1 aliphatic heterocycles. The Morgan fingerprint density at radius 3 is 2.47 bits per heavy atom. The van der Waals surface area contributed by atoms with Crippen LogP contribution in [-0.4, -0.2) is 64.1 Å². The molecule has 7 heteroatoms. The third-order valence-electron chi connectivity index (χ3n) is 2.88. The Labute approximate surface area is 112 Å². The lowest BCUT2D eigenvalue weighted by Crippen LogP contribution is -2.59. The third-order valence-corrected chi connectivity index (χ3v) is 2.88. The van der Waals surface area contributed by atoms with Gasteiger partial charge in [0, 0.05) is 6.54 Å². The fourth-order valence-corrected chi connectivity index (χ4v) is 2.22. The van der Waals surface area contributed by atoms with Crippen LogP contribution >= 0.6 is 0 Å². The van der Waals surface area contributed by atoms with Gasteiger partial charge in [-0.15, -0.1) is 0 Å². The number of carbonyl (C=O) groups is 2. The highest BCUT2D eigenvalue weighted by Gasteiger charge is 2.35. The number of ether oxygens (including phenoxy) is 1. The standard InChI is InChI=1S/C12H22N2O5/c1-7-5-14(6-12(3,4)19-7)11(18)13-9(8(2)15)10(16)17/h7-9,15H,5-6H2,1-4H3,(H,13,18)(H,16,17). The average Bonchev–Trinajstić information content (AvgIpc) is 2.21. The van der Waals surface area contributed by atoms with Crippen molar-refractivity contribution in [3.05, 3.63) is 0 Å². The average molecular weight is 274 g/mol. The van der Waals surface area contributed by atoms with Crippen LogP contribution in [-0.2, 0) is 9.53 Å². The number of hydrogen-bond acceptors (Lipinski definition) is 4. The van der Waals surface area contributed by atoms with Gasteiger partial charge >= 0.3 is 12.0 Å². The maximum atomic E-state index is 12.0. The van der Waals surface area contributed by atoms with E-state index in [-0.39, 0.29) is 6.10 Å². The second kappa shape index (κ2) is 5.75. The van der Waals surface area contributed by atoms with Crippen molar-refractivity contribution in [3.8, 4) is 0 Å². The quantitative estimate of drug-likeness (QED) is 0.674. The van der Waals surface area contributed by atoms with Crippen LogP contribution in [0, 0.1) is 0 Å². The molecule has 0 bridgehead atoms. The Morgan fingerprint density at radius 1 is 1.47 bits per heavy atom. The maximum Gasteiger partial charge on any atom is 0.328 e. The second-order valence-corrected chi connectivity index (χ2v) is 5.57. The molecule has 0 aromatic heterocycles. The first-order valence-corrected chi connectivity index (χ1v) is 6.26.